The van der Waals surface area contributed by atoms with Gasteiger partial charge in [-0.05, 0) is 25.3 Å². The topological polar surface area (TPSA) is 53.7 Å². The van der Waals surface area contributed by atoms with Gasteiger partial charge in [-0.25, -0.2) is 4.39 Å². The Morgan fingerprint density at radius 2 is 2.29 bits per heavy atom. The number of aryl methyl sites for hydroxylation is 1. The van der Waals surface area contributed by atoms with Crippen LogP contribution in [0.5, 0.6) is 0 Å². The van der Waals surface area contributed by atoms with Gasteiger partial charge in [-0.1, -0.05) is 19.1 Å². The zero-order valence-electron chi connectivity index (χ0n) is 12.1. The number of nitrogens with zero attached hydrogens (tertiary/aromatic N) is 1. The Bertz CT molecular complexity index is 694. The Kier molecular flexibility index (Phi) is 3.45. The van der Waals surface area contributed by atoms with Crippen molar-refractivity contribution in [2.75, 3.05) is 13.2 Å². The average Bonchev–Trinajstić information content (AvgIpc) is 3.00. The number of furan rings is 1. The Hall–Kier alpha value is -1.88. The maximum Gasteiger partial charge on any atom is 0.290 e. The summed E-state index contributed by atoms with van der Waals surface area (Å²) in [5.74, 6) is -0.322. The van der Waals surface area contributed by atoms with E-state index in [0.717, 1.165) is 6.42 Å². The van der Waals surface area contributed by atoms with Crippen molar-refractivity contribution in [3.8, 4) is 0 Å². The second-order valence-electron chi connectivity index (χ2n) is 5.69. The van der Waals surface area contributed by atoms with Gasteiger partial charge in [0.1, 0.15) is 0 Å². The van der Waals surface area contributed by atoms with Gasteiger partial charge >= 0.3 is 0 Å². The van der Waals surface area contributed by atoms with Gasteiger partial charge in [0.25, 0.3) is 5.91 Å². The zero-order valence-corrected chi connectivity index (χ0v) is 12.1. The van der Waals surface area contributed by atoms with Crippen LogP contribution in [0.4, 0.5) is 4.39 Å². The lowest BCUT2D eigenvalue weighted by Crippen LogP contribution is -2.39. The van der Waals surface area contributed by atoms with Crippen molar-refractivity contribution in [2.45, 2.75) is 26.3 Å². The van der Waals surface area contributed by atoms with Crippen molar-refractivity contribution in [1.29, 1.82) is 0 Å². The lowest BCUT2D eigenvalue weighted by Gasteiger charge is -2.24. The van der Waals surface area contributed by atoms with E-state index in [1.54, 1.807) is 24.0 Å². The fourth-order valence-electron chi connectivity index (χ4n) is 3.08. The van der Waals surface area contributed by atoms with E-state index in [1.165, 1.54) is 6.07 Å². The molecule has 0 aliphatic carbocycles. The number of amides is 1. The Balaban J connectivity index is 2.02. The maximum atomic E-state index is 13.8. The van der Waals surface area contributed by atoms with Crippen molar-refractivity contribution in [3.63, 3.8) is 0 Å². The minimum atomic E-state index is -0.469. The molecule has 1 aliphatic rings. The first kappa shape index (κ1) is 14.1. The number of aliphatic hydroxyl groups is 1. The van der Waals surface area contributed by atoms with Crippen LogP contribution in [-0.2, 0) is 0 Å². The summed E-state index contributed by atoms with van der Waals surface area (Å²) in [6, 6.07) is 4.45. The first-order valence-corrected chi connectivity index (χ1v) is 7.14. The van der Waals surface area contributed by atoms with Gasteiger partial charge in [0, 0.05) is 17.5 Å². The molecule has 1 aliphatic heterocycles. The van der Waals surface area contributed by atoms with Gasteiger partial charge in [-0.15, -0.1) is 0 Å². The normalized spacial score (nSPS) is 22.2. The number of halogens is 1. The Morgan fingerprint density at radius 3 is 2.95 bits per heavy atom. The lowest BCUT2D eigenvalue weighted by molar-refractivity contribution is 0.0618. The summed E-state index contributed by atoms with van der Waals surface area (Å²) >= 11 is 0. The molecule has 1 aromatic carbocycles. The summed E-state index contributed by atoms with van der Waals surface area (Å²) in [6.45, 7) is 4.29. The molecule has 0 radical (unpaired) electrons. The fourth-order valence-corrected chi connectivity index (χ4v) is 3.08. The predicted octanol–water partition coefficient (Wildman–Crippen LogP) is 2.72. The van der Waals surface area contributed by atoms with E-state index in [4.69, 9.17) is 4.42 Å². The molecule has 0 spiro atoms. The van der Waals surface area contributed by atoms with E-state index >= 15 is 0 Å². The molecule has 1 amide bonds. The average molecular weight is 291 g/mol. The van der Waals surface area contributed by atoms with Crippen LogP contribution >= 0.6 is 0 Å². The highest BCUT2D eigenvalue weighted by Gasteiger charge is 2.36. The molecular weight excluding hydrogens is 273 g/mol. The molecule has 0 bridgehead atoms. The molecule has 1 fully saturated rings. The molecular formula is C16H18FNO3. The second-order valence-corrected chi connectivity index (χ2v) is 5.69. The molecule has 5 heteroatoms. The van der Waals surface area contributed by atoms with Gasteiger partial charge in [-0.2, -0.15) is 0 Å². The molecule has 0 saturated carbocycles. The summed E-state index contributed by atoms with van der Waals surface area (Å²) in [6.07, 6.45) is 0.852. The van der Waals surface area contributed by atoms with Gasteiger partial charge in [-0.3, -0.25) is 4.79 Å². The number of fused-ring (bicyclic) bond motifs is 1. The van der Waals surface area contributed by atoms with Crippen LogP contribution in [0.25, 0.3) is 11.0 Å². The van der Waals surface area contributed by atoms with Crippen molar-refractivity contribution >= 4 is 16.9 Å². The van der Waals surface area contributed by atoms with Gasteiger partial charge in [0.05, 0.1) is 12.6 Å². The van der Waals surface area contributed by atoms with E-state index < -0.39 is 5.82 Å². The molecule has 1 aromatic heterocycles. The molecule has 1 N–H and O–H groups in total. The zero-order chi connectivity index (χ0) is 15.1. The minimum Gasteiger partial charge on any atom is -0.448 e. The third-order valence-electron chi connectivity index (χ3n) is 4.44. The van der Waals surface area contributed by atoms with E-state index in [2.05, 4.69) is 0 Å². The van der Waals surface area contributed by atoms with Gasteiger partial charge in [0.15, 0.2) is 17.2 Å². The summed E-state index contributed by atoms with van der Waals surface area (Å²) in [7, 11) is 0. The number of aliphatic hydroxyl groups excluding tert-OH is 1. The summed E-state index contributed by atoms with van der Waals surface area (Å²) in [4.78, 5) is 14.3. The van der Waals surface area contributed by atoms with Gasteiger partial charge in [0.2, 0.25) is 0 Å². The molecule has 1 saturated heterocycles. The highest BCUT2D eigenvalue weighted by Crippen LogP contribution is 2.31. The maximum absolute atomic E-state index is 13.8. The van der Waals surface area contributed by atoms with Crippen molar-refractivity contribution in [3.05, 3.63) is 35.3 Å². The van der Waals surface area contributed by atoms with Crippen LogP contribution in [0, 0.1) is 18.7 Å². The van der Waals surface area contributed by atoms with Gasteiger partial charge < -0.3 is 14.4 Å². The van der Waals surface area contributed by atoms with Crippen LogP contribution in [0.15, 0.2) is 22.6 Å². The summed E-state index contributed by atoms with van der Waals surface area (Å²) < 4.78 is 19.3. The molecule has 4 nitrogen and oxygen atoms in total. The van der Waals surface area contributed by atoms with Crippen LogP contribution in [0.3, 0.4) is 0 Å². The third kappa shape index (κ3) is 2.12. The molecule has 21 heavy (non-hydrogen) atoms. The SMILES string of the molecule is Cc1c(C(=O)N2CCC(C)C2CO)oc2c(F)cccc12. The number of hydrogen-bond donors (Lipinski definition) is 1. The third-order valence-corrected chi connectivity index (χ3v) is 4.44. The second kappa shape index (κ2) is 5.15. The van der Waals surface area contributed by atoms with Crippen LogP contribution < -0.4 is 0 Å². The molecule has 3 rings (SSSR count). The molecule has 112 valence electrons. The quantitative estimate of drug-likeness (QED) is 0.925. The smallest absolute Gasteiger partial charge is 0.290 e. The highest BCUT2D eigenvalue weighted by atomic mass is 19.1. The lowest BCUT2D eigenvalue weighted by atomic mass is 10.0. The number of carbonyl (C=O) groups excluding carboxylic acids is 1. The number of rotatable bonds is 2. The van der Waals surface area contributed by atoms with Crippen molar-refractivity contribution < 1.29 is 18.7 Å². The van der Waals surface area contributed by atoms with E-state index in [1.807, 2.05) is 6.92 Å². The van der Waals surface area contributed by atoms with Crippen LogP contribution in [0.1, 0.15) is 29.5 Å². The first-order valence-electron chi connectivity index (χ1n) is 7.14. The Morgan fingerprint density at radius 1 is 1.52 bits per heavy atom. The number of carbonyl (C=O) groups is 1. The Labute approximate surface area is 122 Å². The number of likely N-dealkylation sites (tertiary alicyclic amines) is 1. The van der Waals surface area contributed by atoms with E-state index in [0.29, 0.717) is 17.5 Å². The monoisotopic (exact) mass is 291 g/mol. The van der Waals surface area contributed by atoms with Crippen molar-refractivity contribution in [1.82, 2.24) is 4.90 Å². The van der Waals surface area contributed by atoms with E-state index in [-0.39, 0.29) is 35.8 Å². The van der Waals surface area contributed by atoms with E-state index in [9.17, 15) is 14.3 Å². The summed E-state index contributed by atoms with van der Waals surface area (Å²) in [5, 5.41) is 10.1. The predicted molar refractivity (Wildman–Crippen MR) is 76.6 cm³/mol. The number of benzene rings is 1. The molecule has 2 atom stereocenters. The van der Waals surface area contributed by atoms with Crippen LogP contribution in [0.2, 0.25) is 0 Å². The molecule has 2 aromatic rings. The fraction of sp³-hybridized carbons (Fsp3) is 0.438. The first-order chi connectivity index (χ1) is 10.0. The minimum absolute atomic E-state index is 0.0689. The largest absolute Gasteiger partial charge is 0.448 e. The number of hydrogen-bond acceptors (Lipinski definition) is 3. The standard InChI is InChI=1S/C16H18FNO3/c1-9-6-7-18(13(9)8-19)16(20)14-10(2)11-4-3-5-12(17)15(11)21-14/h3-5,9,13,19H,6-8H2,1-2H3. The van der Waals surface area contributed by atoms with Crippen molar-refractivity contribution in [2.24, 2.45) is 5.92 Å². The number of para-hydroxylation sites is 1. The summed E-state index contributed by atoms with van der Waals surface area (Å²) in [5.41, 5.74) is 0.761. The van der Waals surface area contributed by atoms with Crippen LogP contribution in [-0.4, -0.2) is 35.1 Å². The molecule has 2 heterocycles. The molecule has 2 unspecified atom stereocenters. The highest BCUT2D eigenvalue weighted by molar-refractivity contribution is 5.99.